The van der Waals surface area contributed by atoms with E-state index in [1.54, 1.807) is 64.9 Å². The lowest BCUT2D eigenvalue weighted by atomic mass is 9.97. The van der Waals surface area contributed by atoms with E-state index in [4.69, 9.17) is 37.9 Å². The summed E-state index contributed by atoms with van der Waals surface area (Å²) in [4.78, 5) is 22.5. The first kappa shape index (κ1) is 36.6. The summed E-state index contributed by atoms with van der Waals surface area (Å²) in [6.07, 6.45) is 4.93. The predicted octanol–water partition coefficient (Wildman–Crippen LogP) is 7.69. The zero-order valence-corrected chi connectivity index (χ0v) is 28.4. The summed E-state index contributed by atoms with van der Waals surface area (Å²) >= 11 is 0. The molecule has 0 unspecified atom stereocenters. The highest BCUT2D eigenvalue weighted by molar-refractivity contribution is 5.90. The van der Waals surface area contributed by atoms with Gasteiger partial charge in [0.1, 0.15) is 12.6 Å². The lowest BCUT2D eigenvalue weighted by molar-refractivity contribution is 0.111. The van der Waals surface area contributed by atoms with Crippen molar-refractivity contribution < 1.29 is 47.5 Å². The highest BCUT2D eigenvalue weighted by atomic mass is 16.5. The molecular weight excluding hydrogens is 616 g/mol. The highest BCUT2D eigenvalue weighted by Gasteiger charge is 2.22. The van der Waals surface area contributed by atoms with Crippen molar-refractivity contribution in [3.05, 3.63) is 83.9 Å². The number of rotatable bonds is 14. The molecule has 4 aromatic carbocycles. The summed E-state index contributed by atoms with van der Waals surface area (Å²) in [7, 11) is 12.4. The quantitative estimate of drug-likeness (QED) is 0.125. The first-order valence-corrected chi connectivity index (χ1v) is 14.5. The molecule has 0 aliphatic carbocycles. The molecule has 0 amide bonds. The number of hydrogen-bond acceptors (Lipinski definition) is 10. The fraction of sp³-hybridized carbons (Fsp3) is 0.211. The highest BCUT2D eigenvalue weighted by Crippen LogP contribution is 2.48. The molecule has 0 spiro atoms. The maximum absolute atomic E-state index is 11.3. The number of benzene rings is 4. The van der Waals surface area contributed by atoms with Gasteiger partial charge in [-0.1, -0.05) is 25.3 Å². The van der Waals surface area contributed by atoms with Crippen LogP contribution in [0.1, 0.15) is 31.8 Å². The predicted molar refractivity (Wildman–Crippen MR) is 187 cm³/mol. The molecule has 10 heteroatoms. The third-order valence-corrected chi connectivity index (χ3v) is 7.33. The Morgan fingerprint density at radius 3 is 0.792 bits per heavy atom. The van der Waals surface area contributed by atoms with E-state index in [2.05, 4.69) is 13.2 Å². The second kappa shape index (κ2) is 17.1. The third kappa shape index (κ3) is 7.55. The number of aldehydes is 2. The minimum atomic E-state index is 0.398. The van der Waals surface area contributed by atoms with Crippen LogP contribution in [0.3, 0.4) is 0 Å². The molecule has 48 heavy (non-hydrogen) atoms. The van der Waals surface area contributed by atoms with Crippen molar-refractivity contribution in [2.45, 2.75) is 0 Å². The number of carbonyl (C=O) groups excluding carboxylic acids is 2. The van der Waals surface area contributed by atoms with Gasteiger partial charge in [0, 0.05) is 33.4 Å². The van der Waals surface area contributed by atoms with Gasteiger partial charge in [0.05, 0.1) is 56.9 Å². The Balaban J connectivity index is 0.000000260. The van der Waals surface area contributed by atoms with Gasteiger partial charge in [-0.2, -0.15) is 0 Å². The lowest BCUT2D eigenvalue weighted by Gasteiger charge is -2.18. The molecule has 0 aromatic heterocycles. The zero-order chi connectivity index (χ0) is 35.4. The minimum absolute atomic E-state index is 0.398. The minimum Gasteiger partial charge on any atom is -0.493 e. The average Bonchev–Trinajstić information content (AvgIpc) is 3.15. The Bertz CT molecular complexity index is 1530. The molecule has 10 nitrogen and oxygen atoms in total. The van der Waals surface area contributed by atoms with Gasteiger partial charge in [-0.05, 0) is 59.7 Å². The van der Waals surface area contributed by atoms with E-state index < -0.39 is 0 Å². The smallest absolute Gasteiger partial charge is 0.168 e. The summed E-state index contributed by atoms with van der Waals surface area (Å²) < 4.78 is 43.6. The van der Waals surface area contributed by atoms with Crippen LogP contribution in [-0.4, -0.2) is 69.5 Å². The maximum atomic E-state index is 11.3. The Kier molecular flexibility index (Phi) is 13.1. The molecule has 0 radical (unpaired) electrons. The third-order valence-electron chi connectivity index (χ3n) is 7.33. The molecule has 0 N–H and O–H groups in total. The average molecular weight is 657 g/mol. The van der Waals surface area contributed by atoms with Crippen molar-refractivity contribution >= 4 is 24.7 Å². The normalized spacial score (nSPS) is 10.0. The van der Waals surface area contributed by atoms with Crippen LogP contribution in [0.2, 0.25) is 0 Å². The second-order valence-electron chi connectivity index (χ2n) is 9.86. The molecule has 4 rings (SSSR count). The van der Waals surface area contributed by atoms with Crippen LogP contribution in [0, 0.1) is 0 Å². The van der Waals surface area contributed by atoms with E-state index in [0.29, 0.717) is 80.8 Å². The molecule has 252 valence electrons. The topological polar surface area (TPSA) is 108 Å². The molecule has 0 bridgehead atoms. The van der Waals surface area contributed by atoms with Crippen molar-refractivity contribution in [1.82, 2.24) is 0 Å². The Hall–Kier alpha value is -5.90. The van der Waals surface area contributed by atoms with Gasteiger partial charge in [-0.3, -0.25) is 9.59 Å². The van der Waals surface area contributed by atoms with Gasteiger partial charge in [0.2, 0.25) is 0 Å². The van der Waals surface area contributed by atoms with Crippen LogP contribution in [0.4, 0.5) is 0 Å². The largest absolute Gasteiger partial charge is 0.493 e. The molecular formula is C38H40O10. The standard InChI is InChI=1S/C20H22O4.C18H18O6/c1-7-13-9-15(19(23-5)17(11-13)21-3)16-10-14(8-2)12-18(22-4)20(16)24-6;1-21-15-7-11(9-19)5-13(17(15)23-3)14-6-12(10-20)8-16(22-2)18(14)24-4/h7-12H,1-2H2,3-6H3;5-10H,1-4H3. The fourth-order valence-corrected chi connectivity index (χ4v) is 5.11. The van der Waals surface area contributed by atoms with Crippen molar-refractivity contribution in [1.29, 1.82) is 0 Å². The van der Waals surface area contributed by atoms with Crippen LogP contribution in [-0.2, 0) is 0 Å². The van der Waals surface area contributed by atoms with Gasteiger partial charge in [-0.15, -0.1) is 0 Å². The number of ether oxygens (including phenoxy) is 8. The van der Waals surface area contributed by atoms with Crippen molar-refractivity contribution in [3.8, 4) is 68.2 Å². The maximum Gasteiger partial charge on any atom is 0.168 e. The van der Waals surface area contributed by atoms with Gasteiger partial charge >= 0.3 is 0 Å². The Morgan fingerprint density at radius 1 is 0.375 bits per heavy atom. The summed E-state index contributed by atoms with van der Waals surface area (Å²) in [5.41, 5.74) is 5.38. The van der Waals surface area contributed by atoms with Gasteiger partial charge < -0.3 is 37.9 Å². The molecule has 0 aliphatic heterocycles. The number of hydrogen-bond donors (Lipinski definition) is 0. The van der Waals surface area contributed by atoms with Gasteiger partial charge in [0.15, 0.2) is 46.0 Å². The Morgan fingerprint density at radius 2 is 0.604 bits per heavy atom. The SMILES string of the molecule is C=Cc1cc(OC)c(OC)c(-c2cc(C=C)cc(OC)c2OC)c1.COc1cc(C=O)cc(-c2cc(C=O)cc(OC)c2OC)c1OC. The van der Waals surface area contributed by atoms with Crippen molar-refractivity contribution in [2.75, 3.05) is 56.9 Å². The van der Waals surface area contributed by atoms with Crippen LogP contribution >= 0.6 is 0 Å². The lowest BCUT2D eigenvalue weighted by Crippen LogP contribution is -1.99. The number of methoxy groups -OCH3 is 8. The molecule has 0 aliphatic rings. The van der Waals surface area contributed by atoms with E-state index in [-0.39, 0.29) is 0 Å². The summed E-state index contributed by atoms with van der Waals surface area (Å²) in [6.45, 7) is 7.68. The molecule has 0 heterocycles. The van der Waals surface area contributed by atoms with Crippen LogP contribution in [0.15, 0.2) is 61.7 Å². The monoisotopic (exact) mass is 656 g/mol. The van der Waals surface area contributed by atoms with Crippen LogP contribution < -0.4 is 37.9 Å². The van der Waals surface area contributed by atoms with Crippen LogP contribution in [0.25, 0.3) is 34.4 Å². The summed E-state index contributed by atoms with van der Waals surface area (Å²) in [5.74, 6) is 4.11. The van der Waals surface area contributed by atoms with E-state index in [9.17, 15) is 9.59 Å². The van der Waals surface area contributed by atoms with E-state index in [0.717, 1.165) is 22.3 Å². The van der Waals surface area contributed by atoms with Crippen molar-refractivity contribution in [3.63, 3.8) is 0 Å². The van der Waals surface area contributed by atoms with E-state index in [1.165, 1.54) is 28.4 Å². The molecule has 0 saturated heterocycles. The van der Waals surface area contributed by atoms with E-state index >= 15 is 0 Å². The van der Waals surface area contributed by atoms with E-state index in [1.807, 2.05) is 24.3 Å². The van der Waals surface area contributed by atoms with Gasteiger partial charge in [0.25, 0.3) is 0 Å². The first-order chi connectivity index (χ1) is 23.2. The molecule has 4 aromatic rings. The van der Waals surface area contributed by atoms with Gasteiger partial charge in [-0.25, -0.2) is 0 Å². The fourth-order valence-electron chi connectivity index (χ4n) is 5.11. The van der Waals surface area contributed by atoms with Crippen molar-refractivity contribution in [2.24, 2.45) is 0 Å². The zero-order valence-electron chi connectivity index (χ0n) is 28.4. The Labute approximate surface area is 281 Å². The first-order valence-electron chi connectivity index (χ1n) is 14.5. The molecule has 0 atom stereocenters. The number of carbonyl (C=O) groups is 2. The summed E-state index contributed by atoms with van der Waals surface area (Å²) in [6, 6.07) is 14.1. The molecule has 0 fully saturated rings. The molecule has 0 saturated carbocycles. The summed E-state index contributed by atoms with van der Waals surface area (Å²) in [5, 5.41) is 0. The second-order valence-corrected chi connectivity index (χ2v) is 9.86. The van der Waals surface area contributed by atoms with Crippen LogP contribution in [0.5, 0.6) is 46.0 Å².